The Morgan fingerprint density at radius 2 is 1.77 bits per heavy atom. The molecular formula is C22H25ClN2O5. The molecule has 0 saturated carbocycles. The average molecular weight is 433 g/mol. The zero-order valence-electron chi connectivity index (χ0n) is 16.9. The van der Waals surface area contributed by atoms with Crippen molar-refractivity contribution in [3.63, 3.8) is 0 Å². The lowest BCUT2D eigenvalue weighted by Gasteiger charge is -2.13. The second-order valence-corrected chi connectivity index (χ2v) is 7.18. The van der Waals surface area contributed by atoms with E-state index in [4.69, 9.17) is 21.4 Å². The number of nitrogens with one attached hydrogen (secondary N) is 2. The molecule has 160 valence electrons. The van der Waals surface area contributed by atoms with Gasteiger partial charge in [-0.2, -0.15) is 0 Å². The number of halogens is 1. The van der Waals surface area contributed by atoms with Crippen molar-refractivity contribution in [2.75, 3.05) is 20.2 Å². The number of ether oxygens (including phenoxy) is 1. The highest BCUT2D eigenvalue weighted by Gasteiger charge is 2.15. The van der Waals surface area contributed by atoms with E-state index in [0.717, 1.165) is 11.1 Å². The standard InChI is InChI=1S/C22H25ClN2O5/c1-14(21(28)24-12-10-20(26)27)16-5-3-15(4-6-16)9-11-25-22(29)18-13-17(23)7-8-19(18)30-2/h3-8,13-14H,9-12H2,1-2H3,(H,24,28)(H,25,29)(H,26,27). The first kappa shape index (κ1) is 23.2. The number of hydrogen-bond donors (Lipinski definition) is 3. The molecule has 0 spiro atoms. The van der Waals surface area contributed by atoms with Crippen LogP contribution in [0.15, 0.2) is 42.5 Å². The number of carbonyl (C=O) groups is 3. The number of aliphatic carboxylic acids is 1. The first-order chi connectivity index (χ1) is 14.3. The Balaban J connectivity index is 1.86. The van der Waals surface area contributed by atoms with Gasteiger partial charge < -0.3 is 20.5 Å². The first-order valence-electron chi connectivity index (χ1n) is 9.52. The van der Waals surface area contributed by atoms with Gasteiger partial charge in [0, 0.05) is 18.1 Å². The van der Waals surface area contributed by atoms with Crippen LogP contribution < -0.4 is 15.4 Å². The fourth-order valence-corrected chi connectivity index (χ4v) is 3.02. The summed E-state index contributed by atoms with van der Waals surface area (Å²) in [4.78, 5) is 35.0. The zero-order valence-corrected chi connectivity index (χ0v) is 17.7. The molecule has 2 aromatic rings. The van der Waals surface area contributed by atoms with E-state index in [-0.39, 0.29) is 30.7 Å². The Kier molecular flexibility index (Phi) is 8.68. The average Bonchev–Trinajstić information content (AvgIpc) is 2.73. The normalized spacial score (nSPS) is 11.4. The van der Waals surface area contributed by atoms with Gasteiger partial charge in [0.1, 0.15) is 5.75 Å². The predicted molar refractivity (Wildman–Crippen MR) is 114 cm³/mol. The molecule has 0 fully saturated rings. The van der Waals surface area contributed by atoms with E-state index in [1.807, 2.05) is 24.3 Å². The third-order valence-electron chi connectivity index (χ3n) is 4.62. The maximum atomic E-state index is 12.4. The van der Waals surface area contributed by atoms with E-state index >= 15 is 0 Å². The summed E-state index contributed by atoms with van der Waals surface area (Å²) >= 11 is 5.96. The SMILES string of the molecule is COc1ccc(Cl)cc1C(=O)NCCc1ccc(C(C)C(=O)NCCC(=O)O)cc1. The smallest absolute Gasteiger partial charge is 0.305 e. The van der Waals surface area contributed by atoms with E-state index in [1.54, 1.807) is 25.1 Å². The molecule has 2 aromatic carbocycles. The lowest BCUT2D eigenvalue weighted by molar-refractivity contribution is -0.136. The third kappa shape index (κ3) is 6.77. The molecule has 0 aliphatic carbocycles. The maximum absolute atomic E-state index is 12.4. The number of rotatable bonds is 10. The first-order valence-corrected chi connectivity index (χ1v) is 9.89. The van der Waals surface area contributed by atoms with Crippen LogP contribution in [0.4, 0.5) is 0 Å². The summed E-state index contributed by atoms with van der Waals surface area (Å²) in [5, 5.41) is 14.6. The van der Waals surface area contributed by atoms with E-state index in [2.05, 4.69) is 10.6 Å². The molecule has 3 N–H and O–H groups in total. The van der Waals surface area contributed by atoms with Gasteiger partial charge in [-0.25, -0.2) is 0 Å². The number of hydrogen-bond acceptors (Lipinski definition) is 4. The molecule has 0 saturated heterocycles. The molecule has 0 aliphatic rings. The Morgan fingerprint density at radius 3 is 2.40 bits per heavy atom. The molecule has 1 atom stereocenters. The molecule has 30 heavy (non-hydrogen) atoms. The van der Waals surface area contributed by atoms with Crippen LogP contribution in [0.3, 0.4) is 0 Å². The van der Waals surface area contributed by atoms with Crippen molar-refractivity contribution < 1.29 is 24.2 Å². The van der Waals surface area contributed by atoms with E-state index in [1.165, 1.54) is 7.11 Å². The number of carboxylic acids is 1. The topological polar surface area (TPSA) is 105 Å². The Hall–Kier alpha value is -3.06. The molecule has 0 bridgehead atoms. The monoisotopic (exact) mass is 432 g/mol. The van der Waals surface area contributed by atoms with Crippen molar-refractivity contribution in [3.8, 4) is 5.75 Å². The molecule has 8 heteroatoms. The summed E-state index contributed by atoms with van der Waals surface area (Å²) in [7, 11) is 1.50. The Morgan fingerprint density at radius 1 is 1.07 bits per heavy atom. The lowest BCUT2D eigenvalue weighted by atomic mass is 9.98. The van der Waals surface area contributed by atoms with Crippen LogP contribution in [-0.4, -0.2) is 43.1 Å². The predicted octanol–water partition coefficient (Wildman–Crippen LogP) is 3.02. The second kappa shape index (κ2) is 11.2. The van der Waals surface area contributed by atoms with E-state index in [9.17, 15) is 14.4 Å². The highest BCUT2D eigenvalue weighted by molar-refractivity contribution is 6.31. The van der Waals surface area contributed by atoms with E-state index < -0.39 is 5.97 Å². The molecule has 0 aliphatic heterocycles. The van der Waals surface area contributed by atoms with Gasteiger partial charge in [0.05, 0.1) is 25.0 Å². The maximum Gasteiger partial charge on any atom is 0.305 e. The van der Waals surface area contributed by atoms with Crippen LogP contribution in [0.2, 0.25) is 5.02 Å². The van der Waals surface area contributed by atoms with Crippen molar-refractivity contribution in [2.24, 2.45) is 0 Å². The minimum atomic E-state index is -0.951. The molecule has 1 unspecified atom stereocenters. The third-order valence-corrected chi connectivity index (χ3v) is 4.85. The Labute approximate surface area is 180 Å². The number of carbonyl (C=O) groups excluding carboxylic acids is 2. The minimum Gasteiger partial charge on any atom is -0.496 e. The van der Waals surface area contributed by atoms with Crippen LogP contribution in [0.5, 0.6) is 5.75 Å². The van der Waals surface area contributed by atoms with Gasteiger partial charge in [0.15, 0.2) is 0 Å². The highest BCUT2D eigenvalue weighted by atomic mass is 35.5. The van der Waals surface area contributed by atoms with Crippen LogP contribution in [-0.2, 0) is 16.0 Å². The van der Waals surface area contributed by atoms with Crippen molar-refractivity contribution in [1.82, 2.24) is 10.6 Å². The number of methoxy groups -OCH3 is 1. The number of benzene rings is 2. The second-order valence-electron chi connectivity index (χ2n) is 6.75. The molecule has 0 aromatic heterocycles. The van der Waals surface area contributed by atoms with Crippen LogP contribution in [0, 0.1) is 0 Å². The van der Waals surface area contributed by atoms with Gasteiger partial charge in [0.25, 0.3) is 5.91 Å². The van der Waals surface area contributed by atoms with Crippen LogP contribution >= 0.6 is 11.6 Å². The molecule has 2 amide bonds. The number of amides is 2. The molecule has 0 radical (unpaired) electrons. The molecule has 7 nitrogen and oxygen atoms in total. The minimum absolute atomic E-state index is 0.105. The summed E-state index contributed by atoms with van der Waals surface area (Å²) in [6.07, 6.45) is 0.512. The van der Waals surface area contributed by atoms with E-state index in [0.29, 0.717) is 29.3 Å². The van der Waals surface area contributed by atoms with Crippen molar-refractivity contribution in [1.29, 1.82) is 0 Å². The van der Waals surface area contributed by atoms with Gasteiger partial charge in [-0.15, -0.1) is 0 Å². The van der Waals surface area contributed by atoms with Crippen molar-refractivity contribution in [2.45, 2.75) is 25.7 Å². The fourth-order valence-electron chi connectivity index (χ4n) is 2.84. The van der Waals surface area contributed by atoms with Crippen molar-refractivity contribution in [3.05, 3.63) is 64.2 Å². The Bertz CT molecular complexity index is 899. The summed E-state index contributed by atoms with van der Waals surface area (Å²) in [5.74, 6) is -1.36. The van der Waals surface area contributed by atoms with Gasteiger partial charge in [0.2, 0.25) is 5.91 Å². The number of carboxylic acid groups (broad SMARTS) is 1. The van der Waals surface area contributed by atoms with Gasteiger partial charge >= 0.3 is 5.97 Å². The fraction of sp³-hybridized carbons (Fsp3) is 0.318. The summed E-state index contributed by atoms with van der Waals surface area (Å²) in [6.45, 7) is 2.30. The van der Waals surface area contributed by atoms with Crippen LogP contribution in [0.1, 0.15) is 40.7 Å². The zero-order chi connectivity index (χ0) is 22.1. The molecule has 0 heterocycles. The molecular weight excluding hydrogens is 408 g/mol. The molecule has 2 rings (SSSR count). The quantitative estimate of drug-likeness (QED) is 0.535. The summed E-state index contributed by atoms with van der Waals surface area (Å²) < 4.78 is 5.20. The summed E-state index contributed by atoms with van der Waals surface area (Å²) in [5.41, 5.74) is 2.22. The summed E-state index contributed by atoms with van der Waals surface area (Å²) in [6, 6.07) is 12.4. The van der Waals surface area contributed by atoms with Crippen molar-refractivity contribution >= 4 is 29.4 Å². The van der Waals surface area contributed by atoms with Gasteiger partial charge in [-0.1, -0.05) is 35.9 Å². The van der Waals surface area contributed by atoms with Gasteiger partial charge in [-0.3, -0.25) is 14.4 Å². The largest absolute Gasteiger partial charge is 0.496 e. The lowest BCUT2D eigenvalue weighted by Crippen LogP contribution is -2.30. The highest BCUT2D eigenvalue weighted by Crippen LogP contribution is 2.22. The van der Waals surface area contributed by atoms with Crippen LogP contribution in [0.25, 0.3) is 0 Å². The van der Waals surface area contributed by atoms with Gasteiger partial charge in [-0.05, 0) is 42.7 Å².